The molecule has 0 saturated carbocycles. The second kappa shape index (κ2) is 5.85. The van der Waals surface area contributed by atoms with E-state index in [2.05, 4.69) is 24.3 Å². The van der Waals surface area contributed by atoms with E-state index >= 15 is 0 Å². The van der Waals surface area contributed by atoms with Gasteiger partial charge >= 0.3 is 0 Å². The fourth-order valence-electron chi connectivity index (χ4n) is 1.91. The SMILES string of the molecule is CC(=CCN)c1ccc(-c2ccccc2)c(Cl)c1. The highest BCUT2D eigenvalue weighted by Gasteiger charge is 2.04. The number of nitrogens with two attached hydrogens (primary N) is 1. The number of hydrogen-bond donors (Lipinski definition) is 1. The van der Waals surface area contributed by atoms with Crippen molar-refractivity contribution in [1.29, 1.82) is 0 Å². The van der Waals surface area contributed by atoms with Crippen LogP contribution in [0.1, 0.15) is 12.5 Å². The van der Waals surface area contributed by atoms with E-state index in [1.165, 1.54) is 0 Å². The third-order valence-electron chi connectivity index (χ3n) is 2.93. The average molecular weight is 258 g/mol. The summed E-state index contributed by atoms with van der Waals surface area (Å²) in [5.41, 5.74) is 9.97. The van der Waals surface area contributed by atoms with Crippen molar-refractivity contribution in [2.75, 3.05) is 6.54 Å². The first kappa shape index (κ1) is 12.9. The van der Waals surface area contributed by atoms with Gasteiger partial charge in [-0.15, -0.1) is 0 Å². The van der Waals surface area contributed by atoms with Crippen LogP contribution in [0.5, 0.6) is 0 Å². The normalized spacial score (nSPS) is 11.6. The summed E-state index contributed by atoms with van der Waals surface area (Å²) in [5.74, 6) is 0. The summed E-state index contributed by atoms with van der Waals surface area (Å²) < 4.78 is 0. The van der Waals surface area contributed by atoms with Crippen LogP contribution in [0.3, 0.4) is 0 Å². The van der Waals surface area contributed by atoms with Gasteiger partial charge in [0.25, 0.3) is 0 Å². The van der Waals surface area contributed by atoms with E-state index in [-0.39, 0.29) is 0 Å². The number of allylic oxidation sites excluding steroid dienone is 1. The van der Waals surface area contributed by atoms with E-state index in [0.717, 1.165) is 27.3 Å². The highest BCUT2D eigenvalue weighted by molar-refractivity contribution is 6.33. The lowest BCUT2D eigenvalue weighted by Crippen LogP contribution is -1.94. The molecule has 2 heteroatoms. The van der Waals surface area contributed by atoms with Crippen LogP contribution in [-0.2, 0) is 0 Å². The van der Waals surface area contributed by atoms with Crippen molar-refractivity contribution < 1.29 is 0 Å². The van der Waals surface area contributed by atoms with E-state index in [0.29, 0.717) is 6.54 Å². The third-order valence-corrected chi connectivity index (χ3v) is 3.25. The lowest BCUT2D eigenvalue weighted by Gasteiger charge is -2.08. The second-order valence-corrected chi connectivity index (χ2v) is 4.59. The predicted octanol–water partition coefficient (Wildman–Crippen LogP) is 4.37. The van der Waals surface area contributed by atoms with Gasteiger partial charge in [-0.2, -0.15) is 0 Å². The van der Waals surface area contributed by atoms with Gasteiger partial charge < -0.3 is 5.73 Å². The number of halogens is 1. The fraction of sp³-hybridized carbons (Fsp3) is 0.125. The van der Waals surface area contributed by atoms with Gasteiger partial charge in [-0.3, -0.25) is 0 Å². The summed E-state index contributed by atoms with van der Waals surface area (Å²) in [4.78, 5) is 0. The van der Waals surface area contributed by atoms with Gasteiger partial charge in [0.2, 0.25) is 0 Å². The Morgan fingerprint density at radius 2 is 1.89 bits per heavy atom. The van der Waals surface area contributed by atoms with Gasteiger partial charge in [0.15, 0.2) is 0 Å². The summed E-state index contributed by atoms with van der Waals surface area (Å²) in [5, 5.41) is 0.767. The molecule has 2 aromatic carbocycles. The van der Waals surface area contributed by atoms with Crippen LogP contribution >= 0.6 is 11.6 Å². The molecule has 0 unspecified atom stereocenters. The van der Waals surface area contributed by atoms with Crippen molar-refractivity contribution in [2.24, 2.45) is 5.73 Å². The molecule has 2 N–H and O–H groups in total. The molecule has 0 atom stereocenters. The minimum Gasteiger partial charge on any atom is -0.327 e. The Hall–Kier alpha value is -1.57. The molecule has 18 heavy (non-hydrogen) atoms. The monoisotopic (exact) mass is 257 g/mol. The molecule has 0 aliphatic carbocycles. The maximum absolute atomic E-state index is 6.35. The van der Waals surface area contributed by atoms with Gasteiger partial charge in [-0.25, -0.2) is 0 Å². The molecule has 0 aliphatic rings. The molecule has 2 aromatic rings. The first-order chi connectivity index (χ1) is 8.72. The molecule has 0 saturated heterocycles. The Balaban J connectivity index is 2.40. The molecule has 0 fully saturated rings. The van der Waals surface area contributed by atoms with Crippen LogP contribution in [0.25, 0.3) is 16.7 Å². The molecule has 0 aliphatic heterocycles. The van der Waals surface area contributed by atoms with Crippen molar-refractivity contribution in [2.45, 2.75) is 6.92 Å². The molecule has 2 rings (SSSR count). The van der Waals surface area contributed by atoms with Crippen molar-refractivity contribution in [3.8, 4) is 11.1 Å². The highest BCUT2D eigenvalue weighted by atomic mass is 35.5. The zero-order chi connectivity index (χ0) is 13.0. The number of rotatable bonds is 3. The Morgan fingerprint density at radius 1 is 1.17 bits per heavy atom. The van der Waals surface area contributed by atoms with E-state index < -0.39 is 0 Å². The summed E-state index contributed by atoms with van der Waals surface area (Å²) in [6, 6.07) is 16.3. The smallest absolute Gasteiger partial charge is 0.0490 e. The van der Waals surface area contributed by atoms with Crippen LogP contribution in [-0.4, -0.2) is 6.54 Å². The van der Waals surface area contributed by atoms with Gasteiger partial charge in [0.05, 0.1) is 0 Å². The van der Waals surface area contributed by atoms with Crippen molar-refractivity contribution >= 4 is 17.2 Å². The lowest BCUT2D eigenvalue weighted by molar-refractivity contribution is 1.25. The molecule has 0 radical (unpaired) electrons. The minimum absolute atomic E-state index is 0.546. The molecular formula is C16H16ClN. The Labute approximate surface area is 113 Å². The molecule has 0 bridgehead atoms. The van der Waals surface area contributed by atoms with Crippen molar-refractivity contribution in [3.63, 3.8) is 0 Å². The molecule has 0 spiro atoms. The Bertz CT molecular complexity index is 559. The first-order valence-electron chi connectivity index (χ1n) is 5.94. The molecule has 0 aromatic heterocycles. The van der Waals surface area contributed by atoms with Gasteiger partial charge in [-0.1, -0.05) is 60.1 Å². The lowest BCUT2D eigenvalue weighted by atomic mass is 10.0. The number of benzene rings is 2. The van der Waals surface area contributed by atoms with E-state index in [9.17, 15) is 0 Å². The zero-order valence-electron chi connectivity index (χ0n) is 10.4. The molecule has 1 nitrogen and oxygen atoms in total. The van der Waals surface area contributed by atoms with Crippen molar-refractivity contribution in [3.05, 3.63) is 65.2 Å². The van der Waals surface area contributed by atoms with Crippen LogP contribution in [0.15, 0.2) is 54.6 Å². The summed E-state index contributed by atoms with van der Waals surface area (Å²) in [6.07, 6.45) is 1.99. The molecule has 0 amide bonds. The standard InChI is InChI=1S/C16H16ClN/c1-12(9-10-18)14-7-8-15(16(17)11-14)13-5-3-2-4-6-13/h2-9,11H,10,18H2,1H3. The summed E-state index contributed by atoms with van der Waals surface area (Å²) in [7, 11) is 0. The fourth-order valence-corrected chi connectivity index (χ4v) is 2.20. The third kappa shape index (κ3) is 2.81. The van der Waals surface area contributed by atoms with Crippen LogP contribution in [0, 0.1) is 0 Å². The average Bonchev–Trinajstić information content (AvgIpc) is 2.40. The van der Waals surface area contributed by atoms with Crippen LogP contribution in [0.2, 0.25) is 5.02 Å². The number of hydrogen-bond acceptors (Lipinski definition) is 1. The second-order valence-electron chi connectivity index (χ2n) is 4.18. The maximum Gasteiger partial charge on any atom is 0.0490 e. The largest absolute Gasteiger partial charge is 0.327 e. The molecular weight excluding hydrogens is 242 g/mol. The van der Waals surface area contributed by atoms with E-state index in [1.54, 1.807) is 0 Å². The molecule has 0 heterocycles. The quantitative estimate of drug-likeness (QED) is 0.868. The molecule has 92 valence electrons. The maximum atomic E-state index is 6.35. The van der Waals surface area contributed by atoms with Crippen molar-refractivity contribution in [1.82, 2.24) is 0 Å². The van der Waals surface area contributed by atoms with E-state index in [4.69, 9.17) is 17.3 Å². The van der Waals surface area contributed by atoms with Gasteiger partial charge in [0.1, 0.15) is 0 Å². The van der Waals surface area contributed by atoms with E-state index in [1.807, 2.05) is 37.3 Å². The Kier molecular flexibility index (Phi) is 4.19. The van der Waals surface area contributed by atoms with Crippen LogP contribution < -0.4 is 5.73 Å². The van der Waals surface area contributed by atoms with Gasteiger partial charge in [0, 0.05) is 17.1 Å². The predicted molar refractivity (Wildman–Crippen MR) is 79.6 cm³/mol. The van der Waals surface area contributed by atoms with Gasteiger partial charge in [-0.05, 0) is 29.7 Å². The summed E-state index contributed by atoms with van der Waals surface area (Å²) in [6.45, 7) is 2.59. The zero-order valence-corrected chi connectivity index (χ0v) is 11.1. The topological polar surface area (TPSA) is 26.0 Å². The summed E-state index contributed by atoms with van der Waals surface area (Å²) >= 11 is 6.35. The minimum atomic E-state index is 0.546. The highest BCUT2D eigenvalue weighted by Crippen LogP contribution is 2.30. The van der Waals surface area contributed by atoms with Crippen LogP contribution in [0.4, 0.5) is 0 Å². The Morgan fingerprint density at radius 3 is 2.50 bits per heavy atom. The first-order valence-corrected chi connectivity index (χ1v) is 6.32.